The lowest BCUT2D eigenvalue weighted by atomic mass is 10.1. The van der Waals surface area contributed by atoms with Crippen LogP contribution in [0, 0.1) is 0 Å². The molecule has 0 aromatic carbocycles. The first-order valence-electron chi connectivity index (χ1n) is 6.73. The van der Waals surface area contributed by atoms with Gasteiger partial charge in [-0.2, -0.15) is 0 Å². The second kappa shape index (κ2) is 4.42. The zero-order valence-electron chi connectivity index (χ0n) is 10.6. The molecular formula is C13H22N4. The molecule has 0 radical (unpaired) electrons. The van der Waals surface area contributed by atoms with E-state index in [-0.39, 0.29) is 0 Å². The van der Waals surface area contributed by atoms with Crippen molar-refractivity contribution in [3.05, 3.63) is 17.7 Å². The van der Waals surface area contributed by atoms with Crippen LogP contribution in [0.15, 0.2) is 6.20 Å². The second-order valence-electron chi connectivity index (χ2n) is 5.58. The number of hydrogen-bond donors (Lipinski definition) is 1. The summed E-state index contributed by atoms with van der Waals surface area (Å²) in [6, 6.07) is 1.01. The van der Waals surface area contributed by atoms with E-state index in [1.165, 1.54) is 30.9 Å². The Morgan fingerprint density at radius 3 is 3.12 bits per heavy atom. The molecule has 0 saturated carbocycles. The van der Waals surface area contributed by atoms with Gasteiger partial charge in [-0.15, -0.1) is 0 Å². The Kier molecular flexibility index (Phi) is 2.92. The predicted molar refractivity (Wildman–Crippen MR) is 67.9 cm³/mol. The summed E-state index contributed by atoms with van der Waals surface area (Å²) in [5.41, 5.74) is 7.24. The molecule has 1 saturated heterocycles. The van der Waals surface area contributed by atoms with Crippen LogP contribution in [-0.4, -0.2) is 40.1 Å². The van der Waals surface area contributed by atoms with Crippen molar-refractivity contribution in [2.75, 3.05) is 13.6 Å². The molecule has 94 valence electrons. The van der Waals surface area contributed by atoms with Crippen molar-refractivity contribution in [1.82, 2.24) is 14.5 Å². The molecule has 2 unspecified atom stereocenters. The number of aryl methyl sites for hydroxylation is 1. The number of imidazole rings is 1. The van der Waals surface area contributed by atoms with Crippen LogP contribution in [0.3, 0.4) is 0 Å². The fourth-order valence-corrected chi connectivity index (χ4v) is 3.11. The highest BCUT2D eigenvalue weighted by Gasteiger charge is 2.23. The van der Waals surface area contributed by atoms with Crippen LogP contribution >= 0.6 is 0 Å². The highest BCUT2D eigenvalue weighted by Crippen LogP contribution is 2.20. The average Bonchev–Trinajstić information content (AvgIpc) is 2.85. The van der Waals surface area contributed by atoms with Crippen LogP contribution in [0.25, 0.3) is 0 Å². The summed E-state index contributed by atoms with van der Waals surface area (Å²) < 4.78 is 2.26. The van der Waals surface area contributed by atoms with Gasteiger partial charge < -0.3 is 15.2 Å². The fraction of sp³-hybridized carbons (Fsp3) is 0.769. The van der Waals surface area contributed by atoms with E-state index >= 15 is 0 Å². The van der Waals surface area contributed by atoms with Crippen molar-refractivity contribution in [3.8, 4) is 0 Å². The molecule has 3 rings (SSSR count). The van der Waals surface area contributed by atoms with Crippen LogP contribution in [-0.2, 0) is 19.4 Å². The van der Waals surface area contributed by atoms with Crippen molar-refractivity contribution in [2.45, 2.75) is 50.7 Å². The minimum absolute atomic E-state index is 0.318. The maximum Gasteiger partial charge on any atom is 0.109 e. The van der Waals surface area contributed by atoms with Gasteiger partial charge in [0.2, 0.25) is 0 Å². The number of likely N-dealkylation sites (N-methyl/N-ethyl adjacent to an activating group) is 1. The van der Waals surface area contributed by atoms with Crippen LogP contribution < -0.4 is 5.73 Å². The minimum atomic E-state index is 0.318. The summed E-state index contributed by atoms with van der Waals surface area (Å²) >= 11 is 0. The molecule has 2 N–H and O–H groups in total. The lowest BCUT2D eigenvalue weighted by Crippen LogP contribution is -2.31. The molecule has 0 aliphatic carbocycles. The highest BCUT2D eigenvalue weighted by atomic mass is 15.2. The third-order valence-electron chi connectivity index (χ3n) is 4.20. The number of likely N-dealkylation sites (tertiary alicyclic amines) is 1. The number of nitrogens with zero attached hydrogens (tertiary/aromatic N) is 3. The quantitative estimate of drug-likeness (QED) is 0.823. The SMILES string of the molecule is CN1CCCC1Cc1cn2c(n1)CCC(N)C2. The second-order valence-corrected chi connectivity index (χ2v) is 5.58. The third kappa shape index (κ3) is 2.24. The Morgan fingerprint density at radius 2 is 2.35 bits per heavy atom. The van der Waals surface area contributed by atoms with Crippen LogP contribution in [0.1, 0.15) is 30.8 Å². The molecule has 1 aromatic rings. The standard InChI is InChI=1S/C13H22N4/c1-16-6-2-3-12(16)7-11-9-17-8-10(14)4-5-13(17)15-11/h9-10,12H,2-8,14H2,1H3. The van der Waals surface area contributed by atoms with Gasteiger partial charge in [-0.25, -0.2) is 4.98 Å². The van der Waals surface area contributed by atoms with Gasteiger partial charge in [0.05, 0.1) is 5.69 Å². The highest BCUT2D eigenvalue weighted by molar-refractivity contribution is 5.09. The topological polar surface area (TPSA) is 47.1 Å². The summed E-state index contributed by atoms with van der Waals surface area (Å²) in [7, 11) is 2.23. The van der Waals surface area contributed by atoms with Crippen LogP contribution in [0.4, 0.5) is 0 Å². The van der Waals surface area contributed by atoms with Crippen molar-refractivity contribution < 1.29 is 0 Å². The third-order valence-corrected chi connectivity index (χ3v) is 4.20. The summed E-state index contributed by atoms with van der Waals surface area (Å²) in [4.78, 5) is 7.23. The molecule has 1 aromatic heterocycles. The largest absolute Gasteiger partial charge is 0.333 e. The normalized spacial score (nSPS) is 29.5. The average molecular weight is 234 g/mol. The molecule has 2 aliphatic rings. The van der Waals surface area contributed by atoms with Crippen molar-refractivity contribution >= 4 is 0 Å². The minimum Gasteiger partial charge on any atom is -0.333 e. The van der Waals surface area contributed by atoms with Crippen molar-refractivity contribution in [1.29, 1.82) is 0 Å². The summed E-state index contributed by atoms with van der Waals surface area (Å²) in [6.45, 7) is 2.19. The van der Waals surface area contributed by atoms with E-state index < -0.39 is 0 Å². The zero-order chi connectivity index (χ0) is 11.8. The first-order chi connectivity index (χ1) is 8.22. The van der Waals surface area contributed by atoms with Crippen LogP contribution in [0.2, 0.25) is 0 Å². The number of rotatable bonds is 2. The van der Waals surface area contributed by atoms with Gasteiger partial charge in [0, 0.05) is 37.7 Å². The van der Waals surface area contributed by atoms with Gasteiger partial charge in [0.1, 0.15) is 5.82 Å². The Hall–Kier alpha value is -0.870. The smallest absolute Gasteiger partial charge is 0.109 e. The van der Waals surface area contributed by atoms with Gasteiger partial charge in [-0.3, -0.25) is 0 Å². The van der Waals surface area contributed by atoms with E-state index in [4.69, 9.17) is 10.7 Å². The van der Waals surface area contributed by atoms with Crippen LogP contribution in [0.5, 0.6) is 0 Å². The Labute approximate surface area is 103 Å². The summed E-state index contributed by atoms with van der Waals surface area (Å²) in [5, 5.41) is 0. The van der Waals surface area contributed by atoms with Gasteiger partial charge in [-0.1, -0.05) is 0 Å². The van der Waals surface area contributed by atoms with E-state index in [0.717, 1.165) is 25.8 Å². The molecule has 2 atom stereocenters. The van der Waals surface area contributed by atoms with E-state index in [0.29, 0.717) is 12.1 Å². The monoisotopic (exact) mass is 234 g/mol. The Morgan fingerprint density at radius 1 is 1.47 bits per heavy atom. The van der Waals surface area contributed by atoms with E-state index in [1.807, 2.05) is 0 Å². The molecule has 4 heteroatoms. The summed E-state index contributed by atoms with van der Waals surface area (Å²) in [5.74, 6) is 1.24. The molecule has 17 heavy (non-hydrogen) atoms. The van der Waals surface area contributed by atoms with Crippen molar-refractivity contribution in [2.24, 2.45) is 5.73 Å². The molecule has 0 amide bonds. The fourth-order valence-electron chi connectivity index (χ4n) is 3.11. The van der Waals surface area contributed by atoms with E-state index in [1.54, 1.807) is 0 Å². The molecule has 4 nitrogen and oxygen atoms in total. The first kappa shape index (κ1) is 11.2. The van der Waals surface area contributed by atoms with Gasteiger partial charge >= 0.3 is 0 Å². The van der Waals surface area contributed by atoms with Gasteiger partial charge in [0.25, 0.3) is 0 Å². The van der Waals surface area contributed by atoms with E-state index in [2.05, 4.69) is 22.7 Å². The summed E-state index contributed by atoms with van der Waals surface area (Å²) in [6.07, 6.45) is 8.10. The van der Waals surface area contributed by atoms with Crippen molar-refractivity contribution in [3.63, 3.8) is 0 Å². The van der Waals surface area contributed by atoms with E-state index in [9.17, 15) is 0 Å². The molecule has 0 spiro atoms. The first-order valence-corrected chi connectivity index (χ1v) is 6.73. The maximum atomic E-state index is 5.99. The molecule has 3 heterocycles. The Bertz CT molecular complexity index is 398. The zero-order valence-corrected chi connectivity index (χ0v) is 10.6. The lowest BCUT2D eigenvalue weighted by Gasteiger charge is -2.19. The maximum absolute atomic E-state index is 5.99. The molecule has 0 bridgehead atoms. The number of hydrogen-bond acceptors (Lipinski definition) is 3. The Balaban J connectivity index is 1.72. The molecular weight excluding hydrogens is 212 g/mol. The number of aromatic nitrogens is 2. The number of fused-ring (bicyclic) bond motifs is 1. The van der Waals surface area contributed by atoms with Gasteiger partial charge in [0.15, 0.2) is 0 Å². The lowest BCUT2D eigenvalue weighted by molar-refractivity contribution is 0.308. The predicted octanol–water partition coefficient (Wildman–Crippen LogP) is 0.793. The molecule has 2 aliphatic heterocycles. The molecule has 1 fully saturated rings. The number of nitrogens with two attached hydrogens (primary N) is 1. The van der Waals surface area contributed by atoms with Gasteiger partial charge in [-0.05, 0) is 32.9 Å².